The number of rotatable bonds is 7. The van der Waals surface area contributed by atoms with Crippen LogP contribution in [0.25, 0.3) is 6.08 Å². The number of imide groups is 1. The molecule has 0 saturated carbocycles. The van der Waals surface area contributed by atoms with Crippen molar-refractivity contribution in [3.05, 3.63) is 38.7 Å². The van der Waals surface area contributed by atoms with E-state index in [2.05, 4.69) is 10.6 Å². The van der Waals surface area contributed by atoms with Crippen molar-refractivity contribution >= 4 is 64.0 Å². The van der Waals surface area contributed by atoms with Crippen LogP contribution in [0.1, 0.15) is 18.9 Å². The fourth-order valence-electron chi connectivity index (χ4n) is 2.20. The predicted molar refractivity (Wildman–Crippen MR) is 105 cm³/mol. The molecule has 1 aromatic carbocycles. The summed E-state index contributed by atoms with van der Waals surface area (Å²) >= 11 is 12.7. The molecule has 2 rings (SSSR count). The van der Waals surface area contributed by atoms with Crippen LogP contribution in [0.4, 0.5) is 4.79 Å². The Morgan fingerprint density at radius 1 is 1.19 bits per heavy atom. The number of benzene rings is 1. The van der Waals surface area contributed by atoms with Gasteiger partial charge in [0, 0.05) is 43.0 Å². The SMILES string of the molecule is CC(=O)NCCC(=O)NCCN1C(=O)S/C(=C\c2ccc(Cl)cc2Cl)C1=O. The number of nitrogens with one attached hydrogen (secondary N) is 2. The number of carbonyl (C=O) groups excluding carboxylic acids is 4. The topological polar surface area (TPSA) is 95.6 Å². The summed E-state index contributed by atoms with van der Waals surface area (Å²) in [6.45, 7) is 1.78. The number of amides is 4. The first-order chi connectivity index (χ1) is 12.8. The molecule has 0 aromatic heterocycles. The lowest BCUT2D eigenvalue weighted by Gasteiger charge is -2.13. The van der Waals surface area contributed by atoms with Crippen molar-refractivity contribution in [1.82, 2.24) is 15.5 Å². The van der Waals surface area contributed by atoms with Gasteiger partial charge < -0.3 is 10.6 Å². The van der Waals surface area contributed by atoms with Gasteiger partial charge in [0.15, 0.2) is 0 Å². The summed E-state index contributed by atoms with van der Waals surface area (Å²) in [7, 11) is 0. The van der Waals surface area contributed by atoms with Gasteiger partial charge in [-0.05, 0) is 35.5 Å². The first kappa shape index (κ1) is 21.3. The highest BCUT2D eigenvalue weighted by Crippen LogP contribution is 2.33. The smallest absolute Gasteiger partial charge is 0.293 e. The van der Waals surface area contributed by atoms with E-state index in [1.54, 1.807) is 18.2 Å². The van der Waals surface area contributed by atoms with E-state index in [9.17, 15) is 19.2 Å². The van der Waals surface area contributed by atoms with Crippen LogP contribution in [0.5, 0.6) is 0 Å². The summed E-state index contributed by atoms with van der Waals surface area (Å²) in [6.07, 6.45) is 1.66. The van der Waals surface area contributed by atoms with Gasteiger partial charge in [0.25, 0.3) is 11.1 Å². The Labute approximate surface area is 170 Å². The Balaban J connectivity index is 1.89. The lowest BCUT2D eigenvalue weighted by molar-refractivity contribution is -0.124. The summed E-state index contributed by atoms with van der Waals surface area (Å²) in [4.78, 5) is 48.2. The molecular formula is C17H17Cl2N3O4S. The normalized spacial score (nSPS) is 15.4. The number of halogens is 2. The average molecular weight is 430 g/mol. The number of hydrogen-bond donors (Lipinski definition) is 2. The first-order valence-corrected chi connectivity index (χ1v) is 9.56. The van der Waals surface area contributed by atoms with E-state index >= 15 is 0 Å². The fraction of sp³-hybridized carbons (Fsp3) is 0.294. The highest BCUT2D eigenvalue weighted by molar-refractivity contribution is 8.18. The quantitative estimate of drug-likeness (QED) is 0.649. The largest absolute Gasteiger partial charge is 0.356 e. The minimum absolute atomic E-state index is 0.0578. The lowest BCUT2D eigenvalue weighted by Crippen LogP contribution is -2.38. The average Bonchev–Trinajstić information content (AvgIpc) is 2.84. The third-order valence-electron chi connectivity index (χ3n) is 3.51. The highest BCUT2D eigenvalue weighted by Gasteiger charge is 2.34. The Morgan fingerprint density at radius 2 is 1.93 bits per heavy atom. The Morgan fingerprint density at radius 3 is 2.59 bits per heavy atom. The molecule has 0 radical (unpaired) electrons. The molecule has 0 bridgehead atoms. The maximum Gasteiger partial charge on any atom is 0.293 e. The molecule has 1 fully saturated rings. The monoisotopic (exact) mass is 429 g/mol. The van der Waals surface area contributed by atoms with Crippen LogP contribution in [0.3, 0.4) is 0 Å². The zero-order valence-corrected chi connectivity index (χ0v) is 16.7. The van der Waals surface area contributed by atoms with E-state index in [-0.39, 0.29) is 42.8 Å². The Kier molecular flexibility index (Phi) is 7.70. The van der Waals surface area contributed by atoms with Crippen molar-refractivity contribution in [2.75, 3.05) is 19.6 Å². The lowest BCUT2D eigenvalue weighted by atomic mass is 10.2. The molecule has 7 nitrogen and oxygen atoms in total. The van der Waals surface area contributed by atoms with Crippen molar-refractivity contribution < 1.29 is 19.2 Å². The third-order valence-corrected chi connectivity index (χ3v) is 4.98. The van der Waals surface area contributed by atoms with Gasteiger partial charge >= 0.3 is 0 Å². The van der Waals surface area contributed by atoms with Crippen LogP contribution in [0.15, 0.2) is 23.1 Å². The minimum atomic E-state index is -0.441. The molecule has 0 aliphatic carbocycles. The molecule has 2 N–H and O–H groups in total. The second kappa shape index (κ2) is 9.77. The first-order valence-electron chi connectivity index (χ1n) is 7.99. The Bertz CT molecular complexity index is 813. The van der Waals surface area contributed by atoms with Crippen LogP contribution in [0.2, 0.25) is 10.0 Å². The zero-order valence-electron chi connectivity index (χ0n) is 14.4. The fourth-order valence-corrected chi connectivity index (χ4v) is 3.52. The highest BCUT2D eigenvalue weighted by atomic mass is 35.5. The van der Waals surface area contributed by atoms with E-state index in [1.807, 2.05) is 0 Å². The van der Waals surface area contributed by atoms with E-state index in [1.165, 1.54) is 13.0 Å². The second-order valence-corrected chi connectivity index (χ2v) is 7.42. The van der Waals surface area contributed by atoms with Gasteiger partial charge in [-0.2, -0.15) is 0 Å². The van der Waals surface area contributed by atoms with Gasteiger partial charge in [-0.1, -0.05) is 29.3 Å². The summed E-state index contributed by atoms with van der Waals surface area (Å²) in [5, 5.41) is 5.55. The molecule has 0 atom stereocenters. The summed E-state index contributed by atoms with van der Waals surface area (Å²) in [6, 6.07) is 4.85. The summed E-state index contributed by atoms with van der Waals surface area (Å²) in [5.41, 5.74) is 0.581. The molecule has 1 saturated heterocycles. The molecule has 0 unspecified atom stereocenters. The summed E-state index contributed by atoms with van der Waals surface area (Å²) in [5.74, 6) is -0.934. The molecule has 1 heterocycles. The molecule has 1 aliphatic heterocycles. The molecule has 10 heteroatoms. The van der Waals surface area contributed by atoms with E-state index in [0.29, 0.717) is 15.6 Å². The van der Waals surface area contributed by atoms with Gasteiger partial charge in [0.2, 0.25) is 11.8 Å². The van der Waals surface area contributed by atoms with Crippen molar-refractivity contribution in [1.29, 1.82) is 0 Å². The molecule has 1 aromatic rings. The maximum atomic E-state index is 12.4. The number of carbonyl (C=O) groups is 4. The second-order valence-electron chi connectivity index (χ2n) is 5.58. The van der Waals surface area contributed by atoms with Gasteiger partial charge in [0.1, 0.15) is 0 Å². The van der Waals surface area contributed by atoms with Crippen LogP contribution in [-0.2, 0) is 14.4 Å². The minimum Gasteiger partial charge on any atom is -0.356 e. The Hall–Kier alpha value is -2.03. The van der Waals surface area contributed by atoms with Crippen LogP contribution >= 0.6 is 35.0 Å². The summed E-state index contributed by atoms with van der Waals surface area (Å²) < 4.78 is 0. The molecular weight excluding hydrogens is 413 g/mol. The van der Waals surface area contributed by atoms with Crippen molar-refractivity contribution in [3.63, 3.8) is 0 Å². The van der Waals surface area contributed by atoms with Gasteiger partial charge in [-0.15, -0.1) is 0 Å². The van der Waals surface area contributed by atoms with Crippen molar-refractivity contribution in [2.24, 2.45) is 0 Å². The van der Waals surface area contributed by atoms with E-state index < -0.39 is 11.1 Å². The van der Waals surface area contributed by atoms with Gasteiger partial charge in [-0.3, -0.25) is 24.1 Å². The molecule has 144 valence electrons. The standard InChI is InChI=1S/C17H17Cl2N3O4S/c1-10(23)20-5-4-15(24)21-6-7-22-16(25)14(27-17(22)26)8-11-2-3-12(18)9-13(11)19/h2-3,8-9H,4-7H2,1H3,(H,20,23)(H,21,24)/b14-8-. The van der Waals surface area contributed by atoms with Crippen LogP contribution < -0.4 is 10.6 Å². The molecule has 4 amide bonds. The molecule has 27 heavy (non-hydrogen) atoms. The number of hydrogen-bond acceptors (Lipinski definition) is 5. The van der Waals surface area contributed by atoms with E-state index in [4.69, 9.17) is 23.2 Å². The molecule has 1 aliphatic rings. The number of thioether (sulfide) groups is 1. The van der Waals surface area contributed by atoms with Crippen LogP contribution in [-0.4, -0.2) is 47.5 Å². The van der Waals surface area contributed by atoms with Crippen molar-refractivity contribution in [3.8, 4) is 0 Å². The van der Waals surface area contributed by atoms with Gasteiger partial charge in [-0.25, -0.2) is 0 Å². The number of nitrogens with zero attached hydrogens (tertiary/aromatic N) is 1. The van der Waals surface area contributed by atoms with E-state index in [0.717, 1.165) is 16.7 Å². The maximum absolute atomic E-state index is 12.4. The van der Waals surface area contributed by atoms with Crippen molar-refractivity contribution in [2.45, 2.75) is 13.3 Å². The van der Waals surface area contributed by atoms with Gasteiger partial charge in [0.05, 0.1) is 4.91 Å². The van der Waals surface area contributed by atoms with Crippen LogP contribution in [0, 0.1) is 0 Å². The predicted octanol–water partition coefficient (Wildman–Crippen LogP) is 2.67. The zero-order chi connectivity index (χ0) is 20.0. The third kappa shape index (κ3) is 6.27. The molecule has 0 spiro atoms.